The monoisotopic (exact) mass is 337 g/mol. The molecular formula is C18H31N3O3. The van der Waals surface area contributed by atoms with Gasteiger partial charge in [-0.25, -0.2) is 0 Å². The van der Waals surface area contributed by atoms with Crippen LogP contribution in [-0.4, -0.2) is 40.9 Å². The minimum Gasteiger partial charge on any atom is -0.493 e. The molecule has 0 fully saturated rings. The van der Waals surface area contributed by atoms with Gasteiger partial charge in [0.05, 0.1) is 21.3 Å². The van der Waals surface area contributed by atoms with E-state index in [0.29, 0.717) is 28.6 Å². The number of nitrogens with zero attached hydrogens (tertiary/aromatic N) is 1. The lowest BCUT2D eigenvalue weighted by atomic mass is 9.91. The first-order chi connectivity index (χ1) is 11.3. The van der Waals surface area contributed by atoms with Crippen LogP contribution in [0.25, 0.3) is 0 Å². The number of anilines is 1. The van der Waals surface area contributed by atoms with Crippen LogP contribution >= 0.6 is 0 Å². The van der Waals surface area contributed by atoms with Crippen molar-refractivity contribution in [3.8, 4) is 17.2 Å². The molecule has 2 N–H and O–H groups in total. The van der Waals surface area contributed by atoms with Gasteiger partial charge in [-0.15, -0.1) is 0 Å². The number of ether oxygens (including phenoxy) is 3. The second-order valence-electron chi connectivity index (χ2n) is 6.70. The number of rotatable bonds is 7. The average molecular weight is 337 g/mol. The average Bonchev–Trinajstić information content (AvgIpc) is 2.55. The van der Waals surface area contributed by atoms with Crippen LogP contribution in [0.2, 0.25) is 0 Å². The van der Waals surface area contributed by atoms with E-state index in [1.54, 1.807) is 28.4 Å². The van der Waals surface area contributed by atoms with Crippen molar-refractivity contribution < 1.29 is 14.2 Å². The predicted molar refractivity (Wildman–Crippen MR) is 99.8 cm³/mol. The Morgan fingerprint density at radius 3 is 2.04 bits per heavy atom. The Labute approximate surface area is 145 Å². The minimum absolute atomic E-state index is 0.343. The van der Waals surface area contributed by atoms with Crippen molar-refractivity contribution >= 4 is 11.6 Å². The molecule has 0 saturated heterocycles. The molecule has 0 unspecified atom stereocenters. The molecule has 0 aliphatic heterocycles. The number of nitrogens with one attached hydrogen (secondary N) is 2. The summed E-state index contributed by atoms with van der Waals surface area (Å²) in [6.07, 6.45) is 2.24. The molecule has 0 aliphatic carbocycles. The first-order valence-electron chi connectivity index (χ1n) is 8.12. The fourth-order valence-electron chi connectivity index (χ4n) is 2.29. The van der Waals surface area contributed by atoms with Crippen molar-refractivity contribution in [3.63, 3.8) is 0 Å². The van der Waals surface area contributed by atoms with E-state index in [4.69, 9.17) is 14.2 Å². The number of benzene rings is 1. The maximum atomic E-state index is 5.37. The molecule has 0 aromatic heterocycles. The zero-order chi connectivity index (χ0) is 18.2. The van der Waals surface area contributed by atoms with Crippen LogP contribution in [0.3, 0.4) is 0 Å². The molecule has 0 aliphatic rings. The van der Waals surface area contributed by atoms with Crippen molar-refractivity contribution in [2.75, 3.05) is 40.2 Å². The fourth-order valence-corrected chi connectivity index (χ4v) is 2.29. The second-order valence-corrected chi connectivity index (χ2v) is 6.70. The lowest BCUT2D eigenvalue weighted by molar-refractivity contribution is 0.324. The van der Waals surface area contributed by atoms with Crippen molar-refractivity contribution in [2.24, 2.45) is 10.4 Å². The molecule has 0 amide bonds. The molecule has 136 valence electrons. The summed E-state index contributed by atoms with van der Waals surface area (Å²) in [6, 6.07) is 3.70. The normalized spacial score (nSPS) is 11.9. The van der Waals surface area contributed by atoms with Gasteiger partial charge in [-0.1, -0.05) is 20.8 Å². The summed E-state index contributed by atoms with van der Waals surface area (Å²) in [5.41, 5.74) is 1.16. The number of hydrogen-bond donors (Lipinski definition) is 2. The van der Waals surface area contributed by atoms with Gasteiger partial charge >= 0.3 is 0 Å². The number of guanidine groups is 1. The molecule has 0 saturated carbocycles. The first-order valence-corrected chi connectivity index (χ1v) is 8.12. The van der Waals surface area contributed by atoms with Gasteiger partial charge in [-0.3, -0.25) is 4.99 Å². The summed E-state index contributed by atoms with van der Waals surface area (Å²) in [7, 11) is 6.53. The molecule has 0 spiro atoms. The van der Waals surface area contributed by atoms with E-state index < -0.39 is 0 Å². The van der Waals surface area contributed by atoms with Gasteiger partial charge in [0.2, 0.25) is 5.75 Å². The van der Waals surface area contributed by atoms with E-state index in [-0.39, 0.29) is 0 Å². The Morgan fingerprint density at radius 2 is 1.62 bits per heavy atom. The standard InChI is InChI=1S/C18H31N3O3/c1-18(2,3)9-8-10-20-17(19-4)21-13-11-14(22-5)16(24-7)15(12-13)23-6/h11-12H,8-10H2,1-7H3,(H2,19,20,21). The molecule has 0 bridgehead atoms. The fraction of sp³-hybridized carbons (Fsp3) is 0.611. The van der Waals surface area contributed by atoms with Crippen LogP contribution in [0.1, 0.15) is 33.6 Å². The lowest BCUT2D eigenvalue weighted by Crippen LogP contribution is -2.31. The maximum absolute atomic E-state index is 5.37. The van der Waals surface area contributed by atoms with Crippen LogP contribution in [0, 0.1) is 5.41 Å². The van der Waals surface area contributed by atoms with E-state index in [9.17, 15) is 0 Å². The first kappa shape index (κ1) is 19.9. The molecule has 0 heterocycles. The van der Waals surface area contributed by atoms with Gasteiger partial charge in [0.1, 0.15) is 0 Å². The Morgan fingerprint density at radius 1 is 1.04 bits per heavy atom. The second kappa shape index (κ2) is 9.25. The predicted octanol–water partition coefficient (Wildman–Crippen LogP) is 3.53. The van der Waals surface area contributed by atoms with Gasteiger partial charge in [-0.05, 0) is 18.3 Å². The van der Waals surface area contributed by atoms with Crippen LogP contribution in [0.15, 0.2) is 17.1 Å². The molecule has 1 rings (SSSR count). The highest BCUT2D eigenvalue weighted by Crippen LogP contribution is 2.39. The largest absolute Gasteiger partial charge is 0.493 e. The van der Waals surface area contributed by atoms with Crippen molar-refractivity contribution in [3.05, 3.63) is 12.1 Å². The zero-order valence-electron chi connectivity index (χ0n) is 15.9. The molecule has 0 atom stereocenters. The van der Waals surface area contributed by atoms with E-state index in [1.165, 1.54) is 0 Å². The highest BCUT2D eigenvalue weighted by molar-refractivity contribution is 5.94. The summed E-state index contributed by atoms with van der Waals surface area (Å²) >= 11 is 0. The van der Waals surface area contributed by atoms with Gasteiger partial charge in [0.25, 0.3) is 0 Å². The maximum Gasteiger partial charge on any atom is 0.203 e. The zero-order valence-corrected chi connectivity index (χ0v) is 15.9. The highest BCUT2D eigenvalue weighted by Gasteiger charge is 2.14. The van der Waals surface area contributed by atoms with Crippen molar-refractivity contribution in [2.45, 2.75) is 33.6 Å². The van der Waals surface area contributed by atoms with Gasteiger partial charge in [0, 0.05) is 31.4 Å². The van der Waals surface area contributed by atoms with Crippen LogP contribution in [0.4, 0.5) is 5.69 Å². The highest BCUT2D eigenvalue weighted by atomic mass is 16.5. The van der Waals surface area contributed by atoms with Crippen molar-refractivity contribution in [1.82, 2.24) is 5.32 Å². The van der Waals surface area contributed by atoms with E-state index in [2.05, 4.69) is 36.4 Å². The Kier molecular flexibility index (Phi) is 7.68. The lowest BCUT2D eigenvalue weighted by Gasteiger charge is -2.19. The molecule has 6 heteroatoms. The summed E-state index contributed by atoms with van der Waals surface area (Å²) in [4.78, 5) is 4.25. The van der Waals surface area contributed by atoms with E-state index in [0.717, 1.165) is 25.1 Å². The van der Waals surface area contributed by atoms with Crippen LogP contribution < -0.4 is 24.8 Å². The Balaban J connectivity index is 2.75. The third-order valence-electron chi connectivity index (χ3n) is 3.55. The Bertz CT molecular complexity index is 526. The van der Waals surface area contributed by atoms with Gasteiger partial charge in [0.15, 0.2) is 17.5 Å². The third-order valence-corrected chi connectivity index (χ3v) is 3.55. The minimum atomic E-state index is 0.343. The summed E-state index contributed by atoms with van der Waals surface area (Å²) in [6.45, 7) is 7.60. The SMILES string of the molecule is CN=C(NCCCC(C)(C)C)Nc1cc(OC)c(OC)c(OC)c1. The van der Waals surface area contributed by atoms with Gasteiger partial charge in [-0.2, -0.15) is 0 Å². The van der Waals surface area contributed by atoms with E-state index >= 15 is 0 Å². The molecule has 0 radical (unpaired) electrons. The topological polar surface area (TPSA) is 64.1 Å². The van der Waals surface area contributed by atoms with Crippen LogP contribution in [0.5, 0.6) is 17.2 Å². The smallest absolute Gasteiger partial charge is 0.203 e. The number of hydrogen-bond acceptors (Lipinski definition) is 4. The third kappa shape index (κ3) is 6.18. The van der Waals surface area contributed by atoms with Gasteiger partial charge < -0.3 is 24.8 Å². The molecule has 1 aromatic rings. The quantitative estimate of drug-likeness (QED) is 0.453. The van der Waals surface area contributed by atoms with E-state index in [1.807, 2.05) is 12.1 Å². The Hall–Kier alpha value is -2.11. The summed E-state index contributed by atoms with van der Waals surface area (Å²) in [5, 5.41) is 6.57. The summed E-state index contributed by atoms with van der Waals surface area (Å²) < 4.78 is 16.1. The number of aliphatic imine (C=N–C) groups is 1. The molecule has 24 heavy (non-hydrogen) atoms. The molecular weight excluding hydrogens is 306 g/mol. The number of methoxy groups -OCH3 is 3. The molecule has 1 aromatic carbocycles. The summed E-state index contributed by atoms with van der Waals surface area (Å²) in [5.74, 6) is 2.47. The van der Waals surface area contributed by atoms with Crippen LogP contribution in [-0.2, 0) is 0 Å². The van der Waals surface area contributed by atoms with Crippen molar-refractivity contribution in [1.29, 1.82) is 0 Å². The molecule has 6 nitrogen and oxygen atoms in total.